The van der Waals surface area contributed by atoms with Gasteiger partial charge in [-0.05, 0) is 0 Å². The zero-order valence-electron chi connectivity index (χ0n) is 7.13. The van der Waals surface area contributed by atoms with Crippen molar-refractivity contribution in [1.29, 1.82) is 0 Å². The van der Waals surface area contributed by atoms with Crippen LogP contribution in [-0.4, -0.2) is 30.7 Å². The maximum atomic E-state index is 4.29. The number of nitrogens with zero attached hydrogens (tertiary/aromatic N) is 3. The van der Waals surface area contributed by atoms with E-state index in [-0.39, 0.29) is 0 Å². The first-order valence-electron chi connectivity index (χ1n) is 3.81. The molecular weight excluding hydrogens is 154 g/mol. The molecule has 0 amide bonds. The molecule has 1 aliphatic heterocycles. The Kier molecular flexibility index (Phi) is 1.49. The summed E-state index contributed by atoms with van der Waals surface area (Å²) in [6, 6.07) is 0. The van der Waals surface area contributed by atoms with Gasteiger partial charge in [-0.3, -0.25) is 0 Å². The summed E-state index contributed by atoms with van der Waals surface area (Å²) in [5.41, 5.74) is 0.997. The van der Waals surface area contributed by atoms with Gasteiger partial charge in [0.05, 0.1) is 18.6 Å². The highest BCUT2D eigenvalue weighted by Gasteiger charge is 2.16. The lowest BCUT2D eigenvalue weighted by Gasteiger charge is -2.08. The van der Waals surface area contributed by atoms with Crippen LogP contribution in [0.4, 0.5) is 17.5 Å². The van der Waals surface area contributed by atoms with E-state index in [1.165, 1.54) is 0 Å². The topological polar surface area (TPSA) is 53.1 Å². The minimum atomic E-state index is 0.657. The van der Waals surface area contributed by atoms with E-state index in [0.29, 0.717) is 5.95 Å². The van der Waals surface area contributed by atoms with Gasteiger partial charge in [-0.25, -0.2) is 4.98 Å². The van der Waals surface area contributed by atoms with E-state index in [9.17, 15) is 0 Å². The van der Waals surface area contributed by atoms with E-state index >= 15 is 0 Å². The number of rotatable bonds is 1. The van der Waals surface area contributed by atoms with Gasteiger partial charge < -0.3 is 15.5 Å². The molecule has 64 valence electrons. The molecule has 1 aromatic heterocycles. The van der Waals surface area contributed by atoms with Gasteiger partial charge in [-0.15, -0.1) is 0 Å². The molecule has 0 saturated carbocycles. The Hall–Kier alpha value is -1.52. The second-order valence-corrected chi connectivity index (χ2v) is 2.71. The summed E-state index contributed by atoms with van der Waals surface area (Å²) in [5, 5.41) is 6.07. The summed E-state index contributed by atoms with van der Waals surface area (Å²) in [6.45, 7) is 0.803. The minimum Gasteiger partial charge on any atom is -0.363 e. The lowest BCUT2D eigenvalue weighted by molar-refractivity contribution is 1.00. The maximum absolute atomic E-state index is 4.29. The van der Waals surface area contributed by atoms with Crippen molar-refractivity contribution in [2.24, 2.45) is 0 Å². The molecule has 0 saturated heterocycles. The van der Waals surface area contributed by atoms with Gasteiger partial charge in [0, 0.05) is 14.1 Å². The van der Waals surface area contributed by atoms with Crippen LogP contribution in [0, 0.1) is 0 Å². The van der Waals surface area contributed by atoms with Gasteiger partial charge in [0.25, 0.3) is 0 Å². The van der Waals surface area contributed by atoms with Crippen LogP contribution in [0.25, 0.3) is 0 Å². The molecule has 0 radical (unpaired) electrons. The summed E-state index contributed by atoms with van der Waals surface area (Å²) in [4.78, 5) is 10.4. The molecule has 2 rings (SSSR count). The summed E-state index contributed by atoms with van der Waals surface area (Å²) < 4.78 is 0. The predicted molar refractivity (Wildman–Crippen MR) is 48.5 cm³/mol. The molecule has 1 aliphatic rings. The normalized spacial score (nSPS) is 14.0. The molecule has 0 aliphatic carbocycles. The third-order valence-corrected chi connectivity index (χ3v) is 1.86. The fraction of sp³-hybridized carbons (Fsp3) is 0.429. The Bertz CT molecular complexity index is 298. The molecule has 0 fully saturated rings. The van der Waals surface area contributed by atoms with Gasteiger partial charge in [0.1, 0.15) is 0 Å². The summed E-state index contributed by atoms with van der Waals surface area (Å²) in [7, 11) is 3.80. The molecule has 0 bridgehead atoms. The van der Waals surface area contributed by atoms with Crippen molar-refractivity contribution in [2.75, 3.05) is 36.3 Å². The first-order valence-corrected chi connectivity index (χ1v) is 3.81. The maximum Gasteiger partial charge on any atom is 0.224 e. The highest BCUT2D eigenvalue weighted by molar-refractivity contribution is 5.70. The molecule has 2 heterocycles. The van der Waals surface area contributed by atoms with E-state index in [1.807, 2.05) is 19.0 Å². The van der Waals surface area contributed by atoms with Crippen LogP contribution >= 0.6 is 0 Å². The molecule has 0 aromatic carbocycles. The van der Waals surface area contributed by atoms with Crippen LogP contribution in [0.5, 0.6) is 0 Å². The quantitative estimate of drug-likeness (QED) is 0.628. The molecule has 1 aromatic rings. The van der Waals surface area contributed by atoms with Crippen molar-refractivity contribution in [3.05, 3.63) is 6.20 Å². The van der Waals surface area contributed by atoms with E-state index < -0.39 is 0 Å². The zero-order valence-corrected chi connectivity index (χ0v) is 7.13. The van der Waals surface area contributed by atoms with Gasteiger partial charge in [0.15, 0.2) is 5.82 Å². The number of aromatic nitrogens is 2. The van der Waals surface area contributed by atoms with Crippen molar-refractivity contribution in [1.82, 2.24) is 9.97 Å². The molecular formula is C7H11N5. The molecule has 12 heavy (non-hydrogen) atoms. The highest BCUT2D eigenvalue weighted by Crippen LogP contribution is 2.27. The van der Waals surface area contributed by atoms with Crippen LogP contribution in [0.15, 0.2) is 6.20 Å². The van der Waals surface area contributed by atoms with Crippen LogP contribution < -0.4 is 15.5 Å². The SMILES string of the molecule is CNc1ncc2c(n1)N(C)CN2. The third kappa shape index (κ3) is 0.939. The number of hydrogen-bond donors (Lipinski definition) is 2. The van der Waals surface area contributed by atoms with Crippen LogP contribution in [0.1, 0.15) is 0 Å². The molecule has 5 nitrogen and oxygen atoms in total. The lowest BCUT2D eigenvalue weighted by Crippen LogP contribution is -2.16. The van der Waals surface area contributed by atoms with Crippen molar-refractivity contribution >= 4 is 17.5 Å². The van der Waals surface area contributed by atoms with E-state index in [1.54, 1.807) is 6.20 Å². The first-order chi connectivity index (χ1) is 5.81. The fourth-order valence-corrected chi connectivity index (χ4v) is 1.19. The number of anilines is 3. The Balaban J connectivity index is 2.43. The molecule has 0 spiro atoms. The van der Waals surface area contributed by atoms with Crippen LogP contribution in [-0.2, 0) is 0 Å². The van der Waals surface area contributed by atoms with Crippen molar-refractivity contribution < 1.29 is 0 Å². The standard InChI is InChI=1S/C7H11N5/c1-8-7-9-3-5-6(11-7)12(2)4-10-5/h3,10H,4H2,1-2H3,(H,8,9,11). The van der Waals surface area contributed by atoms with E-state index in [0.717, 1.165) is 18.2 Å². The van der Waals surface area contributed by atoms with Crippen molar-refractivity contribution in [3.63, 3.8) is 0 Å². The highest BCUT2D eigenvalue weighted by atomic mass is 15.3. The number of fused-ring (bicyclic) bond motifs is 1. The first kappa shape index (κ1) is 7.15. The molecule has 5 heteroatoms. The van der Waals surface area contributed by atoms with Crippen molar-refractivity contribution in [3.8, 4) is 0 Å². The second-order valence-electron chi connectivity index (χ2n) is 2.71. The fourth-order valence-electron chi connectivity index (χ4n) is 1.19. The number of nitrogens with one attached hydrogen (secondary N) is 2. The summed E-state index contributed by atoms with van der Waals surface area (Å²) in [6.07, 6.45) is 1.79. The largest absolute Gasteiger partial charge is 0.363 e. The molecule has 0 atom stereocenters. The number of hydrogen-bond acceptors (Lipinski definition) is 5. The third-order valence-electron chi connectivity index (χ3n) is 1.86. The van der Waals surface area contributed by atoms with E-state index in [4.69, 9.17) is 0 Å². The molecule has 0 unspecified atom stereocenters. The van der Waals surface area contributed by atoms with Crippen molar-refractivity contribution in [2.45, 2.75) is 0 Å². The lowest BCUT2D eigenvalue weighted by atomic mass is 10.5. The van der Waals surface area contributed by atoms with Gasteiger partial charge in [-0.1, -0.05) is 0 Å². The Morgan fingerprint density at radius 2 is 2.50 bits per heavy atom. The second kappa shape index (κ2) is 2.51. The van der Waals surface area contributed by atoms with Gasteiger partial charge in [0.2, 0.25) is 5.95 Å². The average Bonchev–Trinajstić information content (AvgIpc) is 2.47. The monoisotopic (exact) mass is 165 g/mol. The van der Waals surface area contributed by atoms with Crippen LogP contribution in [0.3, 0.4) is 0 Å². The van der Waals surface area contributed by atoms with Gasteiger partial charge in [-0.2, -0.15) is 4.98 Å². The Morgan fingerprint density at radius 1 is 1.67 bits per heavy atom. The van der Waals surface area contributed by atoms with Gasteiger partial charge >= 0.3 is 0 Å². The summed E-state index contributed by atoms with van der Waals surface area (Å²) >= 11 is 0. The van der Waals surface area contributed by atoms with E-state index in [2.05, 4.69) is 20.6 Å². The Morgan fingerprint density at radius 3 is 3.25 bits per heavy atom. The zero-order chi connectivity index (χ0) is 8.55. The Labute approximate surface area is 70.8 Å². The summed E-state index contributed by atoms with van der Waals surface area (Å²) in [5.74, 6) is 1.61. The smallest absolute Gasteiger partial charge is 0.224 e. The minimum absolute atomic E-state index is 0.657. The molecule has 2 N–H and O–H groups in total. The predicted octanol–water partition coefficient (Wildman–Crippen LogP) is 0.337. The average molecular weight is 165 g/mol. The van der Waals surface area contributed by atoms with Crippen LogP contribution in [0.2, 0.25) is 0 Å².